The van der Waals surface area contributed by atoms with Gasteiger partial charge in [-0.25, -0.2) is 4.39 Å². The summed E-state index contributed by atoms with van der Waals surface area (Å²) in [6, 6.07) is 5.34. The molecule has 0 bridgehead atoms. The second kappa shape index (κ2) is 3.96. The highest BCUT2D eigenvalue weighted by molar-refractivity contribution is 5.33. The second-order valence-electron chi connectivity index (χ2n) is 3.55. The first-order valence-electron chi connectivity index (χ1n) is 4.86. The third-order valence-corrected chi connectivity index (χ3v) is 2.71. The number of methoxy groups -OCH3 is 1. The third-order valence-electron chi connectivity index (χ3n) is 2.71. The van der Waals surface area contributed by atoms with Gasteiger partial charge in [0.25, 0.3) is 0 Å². The molecule has 1 N–H and O–H groups in total. The zero-order valence-corrected chi connectivity index (χ0v) is 8.22. The van der Waals surface area contributed by atoms with Gasteiger partial charge in [0.1, 0.15) is 0 Å². The molecule has 0 saturated carbocycles. The molecule has 1 fully saturated rings. The molecule has 1 atom stereocenters. The summed E-state index contributed by atoms with van der Waals surface area (Å²) in [4.78, 5) is 0. The molecule has 1 aromatic rings. The Morgan fingerprint density at radius 2 is 2.36 bits per heavy atom. The molecule has 2 rings (SSSR count). The minimum absolute atomic E-state index is 0.205. The fraction of sp³-hybridized carbons (Fsp3) is 0.455. The van der Waals surface area contributed by atoms with E-state index in [1.165, 1.54) is 7.11 Å². The highest BCUT2D eigenvalue weighted by Crippen LogP contribution is 2.29. The first-order chi connectivity index (χ1) is 6.83. The zero-order chi connectivity index (χ0) is 9.97. The summed E-state index contributed by atoms with van der Waals surface area (Å²) in [6.45, 7) is 1.84. The molecule has 1 unspecified atom stereocenters. The number of rotatable bonds is 2. The summed E-state index contributed by atoms with van der Waals surface area (Å²) in [5.41, 5.74) is 0.773. The Balaban J connectivity index is 2.32. The van der Waals surface area contributed by atoms with Crippen molar-refractivity contribution in [2.24, 2.45) is 0 Å². The van der Waals surface area contributed by atoms with Gasteiger partial charge in [-0.2, -0.15) is 0 Å². The minimum Gasteiger partial charge on any atom is -0.494 e. The molecule has 2 nitrogen and oxygen atoms in total. The van der Waals surface area contributed by atoms with Crippen LogP contribution < -0.4 is 10.1 Å². The molecule has 1 aliphatic heterocycles. The summed E-state index contributed by atoms with van der Waals surface area (Å²) in [5, 5.41) is 3.23. The van der Waals surface area contributed by atoms with Crippen LogP contribution in [-0.2, 0) is 0 Å². The van der Waals surface area contributed by atoms with Crippen LogP contribution in [0.2, 0.25) is 0 Å². The van der Waals surface area contributed by atoms with E-state index in [1.807, 2.05) is 12.1 Å². The van der Waals surface area contributed by atoms with E-state index >= 15 is 0 Å². The van der Waals surface area contributed by atoms with Gasteiger partial charge < -0.3 is 10.1 Å². The summed E-state index contributed by atoms with van der Waals surface area (Å²) in [7, 11) is 1.50. The van der Waals surface area contributed by atoms with Gasteiger partial charge in [0, 0.05) is 12.5 Å². The minimum atomic E-state index is -0.205. The van der Waals surface area contributed by atoms with Crippen molar-refractivity contribution in [2.75, 3.05) is 20.2 Å². The largest absolute Gasteiger partial charge is 0.494 e. The number of hydrogen-bond acceptors (Lipinski definition) is 2. The van der Waals surface area contributed by atoms with E-state index in [9.17, 15) is 4.39 Å². The van der Waals surface area contributed by atoms with Crippen molar-refractivity contribution in [3.8, 4) is 5.75 Å². The summed E-state index contributed by atoms with van der Waals surface area (Å²) in [5.74, 6) is 0.434. The van der Waals surface area contributed by atoms with Gasteiger partial charge in [-0.05, 0) is 24.6 Å². The summed E-state index contributed by atoms with van der Waals surface area (Å²) >= 11 is 0. The molecule has 0 spiro atoms. The predicted molar refractivity (Wildman–Crippen MR) is 53.2 cm³/mol. The second-order valence-corrected chi connectivity index (χ2v) is 3.55. The number of ether oxygens (including phenoxy) is 1. The average molecular weight is 195 g/mol. The van der Waals surface area contributed by atoms with E-state index in [2.05, 4.69) is 5.32 Å². The molecule has 0 aromatic heterocycles. The van der Waals surface area contributed by atoms with E-state index < -0.39 is 0 Å². The summed E-state index contributed by atoms with van der Waals surface area (Å²) in [6.07, 6.45) is 1.00. The van der Waals surface area contributed by atoms with Gasteiger partial charge >= 0.3 is 0 Å². The fourth-order valence-electron chi connectivity index (χ4n) is 1.92. The van der Waals surface area contributed by atoms with Crippen molar-refractivity contribution >= 4 is 0 Å². The molecular weight excluding hydrogens is 181 g/mol. The highest BCUT2D eigenvalue weighted by Gasteiger charge is 2.21. The Kier molecular flexibility index (Phi) is 2.68. The van der Waals surface area contributed by atoms with Crippen LogP contribution in [-0.4, -0.2) is 20.2 Å². The molecule has 14 heavy (non-hydrogen) atoms. The lowest BCUT2D eigenvalue weighted by Crippen LogP contribution is -2.09. The Bertz CT molecular complexity index is 321. The van der Waals surface area contributed by atoms with Gasteiger partial charge in [-0.1, -0.05) is 12.1 Å². The normalized spacial score (nSPS) is 21.1. The van der Waals surface area contributed by atoms with Crippen molar-refractivity contribution in [3.05, 3.63) is 29.6 Å². The van der Waals surface area contributed by atoms with E-state index in [0.29, 0.717) is 11.7 Å². The van der Waals surface area contributed by atoms with Crippen molar-refractivity contribution in [2.45, 2.75) is 12.3 Å². The first-order valence-corrected chi connectivity index (χ1v) is 4.86. The van der Waals surface area contributed by atoms with Crippen molar-refractivity contribution < 1.29 is 9.13 Å². The van der Waals surface area contributed by atoms with Crippen molar-refractivity contribution in [3.63, 3.8) is 0 Å². The lowest BCUT2D eigenvalue weighted by molar-refractivity contribution is 0.382. The predicted octanol–water partition coefficient (Wildman–Crippen LogP) is 1.91. The smallest absolute Gasteiger partial charge is 0.168 e. The van der Waals surface area contributed by atoms with Gasteiger partial charge in [-0.15, -0.1) is 0 Å². The van der Waals surface area contributed by atoms with Crippen LogP contribution in [0.5, 0.6) is 5.75 Å². The van der Waals surface area contributed by atoms with Crippen LogP contribution in [0.25, 0.3) is 0 Å². The number of nitrogens with one attached hydrogen (secondary N) is 1. The standard InChI is InChI=1S/C11H14FNO/c1-14-10-4-2-3-9(11(10)12)8-5-6-13-7-8/h2-4,8,13H,5-7H2,1H3. The molecule has 1 aromatic carbocycles. The lowest BCUT2D eigenvalue weighted by Gasteiger charge is -2.11. The van der Waals surface area contributed by atoms with Crippen LogP contribution >= 0.6 is 0 Å². The van der Waals surface area contributed by atoms with Gasteiger partial charge in [-0.3, -0.25) is 0 Å². The van der Waals surface area contributed by atoms with Crippen LogP contribution in [0.4, 0.5) is 4.39 Å². The maximum Gasteiger partial charge on any atom is 0.168 e. The average Bonchev–Trinajstić information content (AvgIpc) is 2.71. The summed E-state index contributed by atoms with van der Waals surface area (Å²) < 4.78 is 18.7. The van der Waals surface area contributed by atoms with Crippen LogP contribution in [0, 0.1) is 5.82 Å². The Morgan fingerprint density at radius 1 is 1.50 bits per heavy atom. The molecule has 3 heteroatoms. The maximum atomic E-state index is 13.8. The molecule has 0 amide bonds. The molecule has 1 aliphatic rings. The van der Waals surface area contributed by atoms with Crippen LogP contribution in [0.15, 0.2) is 18.2 Å². The Morgan fingerprint density at radius 3 is 3.00 bits per heavy atom. The molecule has 0 aliphatic carbocycles. The first kappa shape index (κ1) is 9.46. The molecule has 1 saturated heterocycles. The van der Waals surface area contributed by atoms with Crippen LogP contribution in [0.1, 0.15) is 17.9 Å². The quantitative estimate of drug-likeness (QED) is 0.778. The van der Waals surface area contributed by atoms with E-state index in [0.717, 1.165) is 25.1 Å². The lowest BCUT2D eigenvalue weighted by atomic mass is 9.97. The SMILES string of the molecule is COc1cccc(C2CCNC2)c1F. The topological polar surface area (TPSA) is 21.3 Å². The maximum absolute atomic E-state index is 13.8. The molecule has 0 radical (unpaired) electrons. The highest BCUT2D eigenvalue weighted by atomic mass is 19.1. The molecular formula is C11H14FNO. The number of hydrogen-bond donors (Lipinski definition) is 1. The van der Waals surface area contributed by atoms with E-state index in [4.69, 9.17) is 4.74 Å². The Labute approximate surface area is 83.1 Å². The van der Waals surface area contributed by atoms with Gasteiger partial charge in [0.15, 0.2) is 11.6 Å². The van der Waals surface area contributed by atoms with E-state index in [1.54, 1.807) is 6.07 Å². The Hall–Kier alpha value is -1.09. The van der Waals surface area contributed by atoms with Crippen LogP contribution in [0.3, 0.4) is 0 Å². The monoisotopic (exact) mass is 195 g/mol. The molecule has 1 heterocycles. The van der Waals surface area contributed by atoms with Crippen molar-refractivity contribution in [1.82, 2.24) is 5.32 Å². The van der Waals surface area contributed by atoms with Gasteiger partial charge in [0.2, 0.25) is 0 Å². The fourth-order valence-corrected chi connectivity index (χ4v) is 1.92. The third kappa shape index (κ3) is 1.60. The molecule has 76 valence electrons. The van der Waals surface area contributed by atoms with Crippen molar-refractivity contribution in [1.29, 1.82) is 0 Å². The zero-order valence-electron chi connectivity index (χ0n) is 8.22. The number of benzene rings is 1. The van der Waals surface area contributed by atoms with Gasteiger partial charge in [0.05, 0.1) is 7.11 Å². The number of halogens is 1. The van der Waals surface area contributed by atoms with E-state index in [-0.39, 0.29) is 5.82 Å².